The summed E-state index contributed by atoms with van der Waals surface area (Å²) in [7, 11) is 0. The summed E-state index contributed by atoms with van der Waals surface area (Å²) in [5.74, 6) is 0.178. The number of aliphatic imine (C=N–C) groups is 1. The Balaban J connectivity index is 1.72. The summed E-state index contributed by atoms with van der Waals surface area (Å²) in [4.78, 5) is 29.2. The van der Waals surface area contributed by atoms with Gasteiger partial charge in [0.1, 0.15) is 5.52 Å². The molecule has 1 aliphatic heterocycles. The molecule has 10 heteroatoms. The first-order valence-electron chi connectivity index (χ1n) is 7.03. The first-order chi connectivity index (χ1) is 11.6. The van der Waals surface area contributed by atoms with Gasteiger partial charge in [0.25, 0.3) is 5.56 Å². The zero-order valence-electron chi connectivity index (χ0n) is 12.3. The zero-order valence-corrected chi connectivity index (χ0v) is 13.9. The summed E-state index contributed by atoms with van der Waals surface area (Å²) in [5.41, 5.74) is 0.183. The molecule has 2 aromatic rings. The number of benzene rings is 1. The van der Waals surface area contributed by atoms with Crippen molar-refractivity contribution in [3.63, 3.8) is 0 Å². The van der Waals surface area contributed by atoms with E-state index < -0.39 is 0 Å². The minimum absolute atomic E-state index is 0.0967. The Hall–Kier alpha value is -2.44. The number of aromatic nitrogens is 3. The summed E-state index contributed by atoms with van der Waals surface area (Å²) < 4.78 is 1.25. The van der Waals surface area contributed by atoms with Gasteiger partial charge >= 0.3 is 0 Å². The molecule has 24 heavy (non-hydrogen) atoms. The molecule has 1 saturated heterocycles. The van der Waals surface area contributed by atoms with Crippen LogP contribution in [0.4, 0.5) is 0 Å². The average Bonchev–Trinajstić information content (AvgIpc) is 2.90. The maximum absolute atomic E-state index is 12.4. The number of thioether (sulfide) groups is 1. The van der Waals surface area contributed by atoms with Gasteiger partial charge in [0, 0.05) is 18.1 Å². The summed E-state index contributed by atoms with van der Waals surface area (Å²) >= 11 is 7.10. The molecule has 0 spiro atoms. The van der Waals surface area contributed by atoms with Gasteiger partial charge in [0.15, 0.2) is 5.17 Å². The smallest absolute Gasteiger partial charge is 0.277 e. The van der Waals surface area contributed by atoms with Crippen molar-refractivity contribution in [2.24, 2.45) is 4.99 Å². The molecule has 1 aromatic heterocycles. The highest BCUT2D eigenvalue weighted by atomic mass is 35.5. The summed E-state index contributed by atoms with van der Waals surface area (Å²) in [5, 5.41) is 17.8. The lowest BCUT2D eigenvalue weighted by molar-refractivity contribution is -0.124. The molecule has 0 saturated carbocycles. The molecule has 0 bridgehead atoms. The third kappa shape index (κ3) is 3.25. The first kappa shape index (κ1) is 16.4. The Morgan fingerprint density at radius 2 is 2.21 bits per heavy atom. The van der Waals surface area contributed by atoms with Crippen LogP contribution in [0.3, 0.4) is 0 Å². The van der Waals surface area contributed by atoms with Crippen LogP contribution in [-0.4, -0.2) is 43.3 Å². The molecule has 8 nitrogen and oxygen atoms in total. The SMILES string of the molecule is N#C/N=C1\SCC(=O)N1CCCn1nnc2cc(Cl)ccc2c1=O. The van der Waals surface area contributed by atoms with E-state index >= 15 is 0 Å². The molecule has 0 radical (unpaired) electrons. The van der Waals surface area contributed by atoms with Crippen molar-refractivity contribution < 1.29 is 4.79 Å². The standard InChI is InChI=1S/C14H11ClN6O2S/c15-9-2-3-10-11(6-9)18-19-21(13(10)23)5-1-4-20-12(22)7-24-14(20)17-8-16/h2-3,6H,1,4-5,7H2/b17-14-. The summed E-state index contributed by atoms with van der Waals surface area (Å²) in [6, 6.07) is 4.83. The fourth-order valence-electron chi connectivity index (χ4n) is 2.32. The monoisotopic (exact) mass is 362 g/mol. The number of carbonyl (C=O) groups is 1. The molecule has 1 fully saturated rings. The Bertz CT molecular complexity index is 935. The van der Waals surface area contributed by atoms with Crippen molar-refractivity contribution in [3.8, 4) is 6.19 Å². The van der Waals surface area contributed by atoms with Crippen LogP contribution in [0.5, 0.6) is 0 Å². The van der Waals surface area contributed by atoms with Crippen LogP contribution < -0.4 is 5.56 Å². The highest BCUT2D eigenvalue weighted by Gasteiger charge is 2.27. The molecule has 0 atom stereocenters. The average molecular weight is 363 g/mol. The third-order valence-electron chi connectivity index (χ3n) is 3.44. The molecule has 1 aliphatic rings. The van der Waals surface area contributed by atoms with Crippen molar-refractivity contribution >= 4 is 45.3 Å². The lowest BCUT2D eigenvalue weighted by Crippen LogP contribution is -2.32. The number of amides is 1. The quantitative estimate of drug-likeness (QED) is 0.758. The molecular formula is C14H11ClN6O2S. The lowest BCUT2D eigenvalue weighted by Gasteiger charge is -2.14. The van der Waals surface area contributed by atoms with Crippen molar-refractivity contribution in [3.05, 3.63) is 33.6 Å². The van der Waals surface area contributed by atoms with Crippen molar-refractivity contribution in [1.82, 2.24) is 19.9 Å². The van der Waals surface area contributed by atoms with Gasteiger partial charge in [0.2, 0.25) is 12.1 Å². The largest absolute Gasteiger partial charge is 0.290 e. The van der Waals surface area contributed by atoms with E-state index in [0.29, 0.717) is 40.6 Å². The second-order valence-corrected chi connectivity index (χ2v) is 6.34. The minimum atomic E-state index is -0.260. The first-order valence-corrected chi connectivity index (χ1v) is 8.39. The molecule has 0 aliphatic carbocycles. The Labute approximate surface area is 145 Å². The number of nitrogens with zero attached hydrogens (tertiary/aromatic N) is 6. The third-order valence-corrected chi connectivity index (χ3v) is 4.64. The normalized spacial score (nSPS) is 16.1. The number of amidine groups is 1. The van der Waals surface area contributed by atoms with E-state index in [9.17, 15) is 9.59 Å². The van der Waals surface area contributed by atoms with Crippen LogP contribution >= 0.6 is 23.4 Å². The van der Waals surface area contributed by atoms with Gasteiger partial charge in [0.05, 0.1) is 11.1 Å². The maximum atomic E-state index is 12.4. The van der Waals surface area contributed by atoms with Crippen LogP contribution in [0.2, 0.25) is 5.02 Å². The summed E-state index contributed by atoms with van der Waals surface area (Å²) in [6.45, 7) is 0.664. The number of halogens is 1. The van der Waals surface area contributed by atoms with Gasteiger partial charge in [-0.05, 0) is 24.6 Å². The number of hydrogen-bond donors (Lipinski definition) is 0. The van der Waals surface area contributed by atoms with E-state index in [1.807, 2.05) is 0 Å². The minimum Gasteiger partial charge on any atom is -0.290 e. The number of nitriles is 1. The fraction of sp³-hybridized carbons (Fsp3) is 0.286. The van der Waals surface area contributed by atoms with E-state index in [1.165, 1.54) is 21.3 Å². The van der Waals surface area contributed by atoms with Crippen molar-refractivity contribution in [2.75, 3.05) is 12.3 Å². The molecule has 3 rings (SSSR count). The van der Waals surface area contributed by atoms with Crippen molar-refractivity contribution in [2.45, 2.75) is 13.0 Å². The van der Waals surface area contributed by atoms with Crippen LogP contribution in [0, 0.1) is 11.5 Å². The number of rotatable bonds is 4. The van der Waals surface area contributed by atoms with Crippen LogP contribution in [-0.2, 0) is 11.3 Å². The Morgan fingerprint density at radius 3 is 3.00 bits per heavy atom. The highest BCUT2D eigenvalue weighted by molar-refractivity contribution is 8.15. The van der Waals surface area contributed by atoms with Gasteiger partial charge in [-0.3, -0.25) is 14.5 Å². The molecule has 0 unspecified atom stereocenters. The predicted molar refractivity (Wildman–Crippen MR) is 90.6 cm³/mol. The Morgan fingerprint density at radius 1 is 1.38 bits per heavy atom. The second-order valence-electron chi connectivity index (χ2n) is 4.96. The van der Waals surface area contributed by atoms with E-state index in [4.69, 9.17) is 16.9 Å². The second kappa shape index (κ2) is 6.98. The van der Waals surface area contributed by atoms with Gasteiger partial charge in [-0.25, -0.2) is 4.68 Å². The number of fused-ring (bicyclic) bond motifs is 1. The molecular weight excluding hydrogens is 352 g/mol. The lowest BCUT2D eigenvalue weighted by atomic mass is 10.2. The highest BCUT2D eigenvalue weighted by Crippen LogP contribution is 2.19. The molecule has 1 amide bonds. The summed E-state index contributed by atoms with van der Waals surface area (Å²) in [6.07, 6.45) is 2.18. The van der Waals surface area contributed by atoms with Crippen LogP contribution in [0.25, 0.3) is 10.9 Å². The van der Waals surface area contributed by atoms with Crippen LogP contribution in [0.15, 0.2) is 28.0 Å². The molecule has 1 aromatic carbocycles. The van der Waals surface area contributed by atoms with Gasteiger partial charge in [-0.1, -0.05) is 28.6 Å². The van der Waals surface area contributed by atoms with E-state index in [1.54, 1.807) is 24.4 Å². The zero-order chi connectivity index (χ0) is 17.1. The number of carbonyl (C=O) groups excluding carboxylic acids is 1. The Kier molecular flexibility index (Phi) is 4.78. The predicted octanol–water partition coefficient (Wildman–Crippen LogP) is 1.25. The van der Waals surface area contributed by atoms with E-state index in [2.05, 4.69) is 15.3 Å². The maximum Gasteiger partial charge on any atom is 0.277 e. The van der Waals surface area contributed by atoms with Gasteiger partial charge in [-0.2, -0.15) is 5.26 Å². The number of aryl methyl sites for hydroxylation is 1. The fourth-order valence-corrected chi connectivity index (χ4v) is 3.35. The molecule has 122 valence electrons. The van der Waals surface area contributed by atoms with Gasteiger partial charge in [-0.15, -0.1) is 10.1 Å². The van der Waals surface area contributed by atoms with Crippen LogP contribution in [0.1, 0.15) is 6.42 Å². The topological polar surface area (TPSA) is 104 Å². The number of hydrogen-bond acceptors (Lipinski definition) is 7. The van der Waals surface area contributed by atoms with Gasteiger partial charge < -0.3 is 0 Å². The van der Waals surface area contributed by atoms with E-state index in [-0.39, 0.29) is 17.2 Å². The molecule has 2 heterocycles. The van der Waals surface area contributed by atoms with Crippen molar-refractivity contribution in [1.29, 1.82) is 5.26 Å². The molecule has 0 N–H and O–H groups in total. The van der Waals surface area contributed by atoms with E-state index in [0.717, 1.165) is 0 Å².